The topological polar surface area (TPSA) is 126 Å². The molecule has 33 heavy (non-hydrogen) atoms. The molecule has 4 rings (SSSR count). The fourth-order valence-electron chi connectivity index (χ4n) is 3.14. The molecule has 0 N–H and O–H groups in total. The van der Waals surface area contributed by atoms with Crippen molar-refractivity contribution >= 4 is 28.6 Å². The van der Waals surface area contributed by atoms with Crippen LogP contribution < -0.4 is 10.4 Å². The Morgan fingerprint density at radius 2 is 1.55 bits per heavy atom. The van der Waals surface area contributed by atoms with Crippen LogP contribution >= 0.6 is 0 Å². The Hall–Kier alpha value is -4.79. The third kappa shape index (κ3) is 4.77. The molecule has 0 radical (unpaired) electrons. The highest BCUT2D eigenvalue weighted by molar-refractivity contribution is 6.03. The molecule has 3 aromatic carbocycles. The van der Waals surface area contributed by atoms with Crippen molar-refractivity contribution in [1.29, 1.82) is 0 Å². The number of fused-ring (bicyclic) bond motifs is 1. The largest absolute Gasteiger partial charge is 0.457 e. The Morgan fingerprint density at radius 3 is 2.30 bits per heavy atom. The van der Waals surface area contributed by atoms with Gasteiger partial charge < -0.3 is 13.9 Å². The summed E-state index contributed by atoms with van der Waals surface area (Å²) in [6, 6.07) is 19.1. The van der Waals surface area contributed by atoms with Crippen molar-refractivity contribution in [2.24, 2.45) is 0 Å². The quantitative estimate of drug-likeness (QED) is 0.142. The molecule has 0 aliphatic carbocycles. The van der Waals surface area contributed by atoms with Crippen LogP contribution in [0.5, 0.6) is 5.75 Å². The highest BCUT2D eigenvalue weighted by atomic mass is 16.6. The van der Waals surface area contributed by atoms with Gasteiger partial charge in [-0.05, 0) is 36.4 Å². The molecule has 9 heteroatoms. The van der Waals surface area contributed by atoms with Gasteiger partial charge in [-0.25, -0.2) is 14.4 Å². The number of nitrogens with zero attached hydrogens (tertiary/aromatic N) is 1. The van der Waals surface area contributed by atoms with Crippen molar-refractivity contribution < 1.29 is 28.4 Å². The van der Waals surface area contributed by atoms with Crippen molar-refractivity contribution in [2.45, 2.75) is 6.61 Å². The molecule has 1 aromatic heterocycles. The van der Waals surface area contributed by atoms with Crippen molar-refractivity contribution in [2.75, 3.05) is 0 Å². The predicted octanol–water partition coefficient (Wildman–Crippen LogP) is 4.28. The molecule has 1 heterocycles. The molecule has 9 nitrogen and oxygen atoms in total. The maximum Gasteiger partial charge on any atom is 0.344 e. The first-order valence-corrected chi connectivity index (χ1v) is 9.67. The molecule has 0 unspecified atom stereocenters. The summed E-state index contributed by atoms with van der Waals surface area (Å²) in [4.78, 5) is 47.4. The molecule has 0 aliphatic rings. The zero-order valence-corrected chi connectivity index (χ0v) is 16.9. The molecule has 0 saturated heterocycles. The Kier molecular flexibility index (Phi) is 5.94. The fraction of sp³-hybridized carbons (Fsp3) is 0.0417. The molecule has 0 spiro atoms. The van der Waals surface area contributed by atoms with Gasteiger partial charge in [0.15, 0.2) is 0 Å². The summed E-state index contributed by atoms with van der Waals surface area (Å²) >= 11 is 0. The van der Waals surface area contributed by atoms with Crippen molar-refractivity contribution in [3.8, 4) is 5.75 Å². The summed E-state index contributed by atoms with van der Waals surface area (Å²) in [5, 5.41) is 11.8. The number of esters is 2. The number of nitro groups is 1. The minimum absolute atomic E-state index is 0.0559. The lowest BCUT2D eigenvalue weighted by molar-refractivity contribution is -0.385. The van der Waals surface area contributed by atoms with Crippen LogP contribution in [0.3, 0.4) is 0 Å². The third-order valence-electron chi connectivity index (χ3n) is 4.72. The lowest BCUT2D eigenvalue weighted by Crippen LogP contribution is -2.16. The first-order valence-electron chi connectivity index (χ1n) is 9.67. The van der Waals surface area contributed by atoms with Gasteiger partial charge in [0.1, 0.15) is 17.9 Å². The Labute approximate surface area is 185 Å². The first kappa shape index (κ1) is 21.4. The van der Waals surface area contributed by atoms with Gasteiger partial charge in [-0.3, -0.25) is 10.1 Å². The summed E-state index contributed by atoms with van der Waals surface area (Å²) in [5.41, 5.74) is -0.384. The van der Waals surface area contributed by atoms with Crippen LogP contribution in [0.2, 0.25) is 0 Å². The Bertz CT molecular complexity index is 1440. The molecule has 0 atom stereocenters. The molecule has 0 saturated carbocycles. The highest BCUT2D eigenvalue weighted by Crippen LogP contribution is 2.23. The first-order chi connectivity index (χ1) is 15.9. The van der Waals surface area contributed by atoms with Crippen LogP contribution in [0, 0.1) is 10.1 Å². The van der Waals surface area contributed by atoms with Crippen LogP contribution in [0.25, 0.3) is 11.0 Å². The smallest absolute Gasteiger partial charge is 0.344 e. The van der Waals surface area contributed by atoms with Crippen molar-refractivity contribution in [3.63, 3.8) is 0 Å². The van der Waals surface area contributed by atoms with E-state index in [-0.39, 0.29) is 40.3 Å². The number of hydrogen-bond acceptors (Lipinski definition) is 8. The summed E-state index contributed by atoms with van der Waals surface area (Å²) in [6.07, 6.45) is 0. The van der Waals surface area contributed by atoms with E-state index in [0.717, 1.165) is 0 Å². The van der Waals surface area contributed by atoms with Crippen LogP contribution in [0.15, 0.2) is 88.1 Å². The summed E-state index contributed by atoms with van der Waals surface area (Å²) in [5.74, 6) is -1.55. The number of carbonyl (C=O) groups is 2. The van der Waals surface area contributed by atoms with E-state index < -0.39 is 22.5 Å². The zero-order chi connectivity index (χ0) is 23.4. The number of ether oxygens (including phenoxy) is 2. The molecule has 0 bridgehead atoms. The maximum absolute atomic E-state index is 12.7. The second-order valence-electron chi connectivity index (χ2n) is 6.85. The van der Waals surface area contributed by atoms with Crippen LogP contribution in [-0.4, -0.2) is 16.9 Å². The normalized spacial score (nSPS) is 10.5. The Morgan fingerprint density at radius 1 is 0.879 bits per heavy atom. The maximum atomic E-state index is 12.7. The number of carbonyl (C=O) groups excluding carboxylic acids is 2. The van der Waals surface area contributed by atoms with E-state index in [4.69, 9.17) is 13.9 Å². The van der Waals surface area contributed by atoms with Gasteiger partial charge in [-0.15, -0.1) is 0 Å². The van der Waals surface area contributed by atoms with E-state index in [1.807, 2.05) is 0 Å². The standard InChI is InChI=1S/C24H15NO8/c26-22-12-10-15-9-11-17(13-21(15)33-22)32-24(28)19-7-3-2-6-18(19)23(27)31-14-16-5-1-4-8-20(16)25(29)30/h1-13H,14H2. The summed E-state index contributed by atoms with van der Waals surface area (Å²) in [7, 11) is 0. The lowest BCUT2D eigenvalue weighted by Gasteiger charge is -2.10. The second-order valence-corrected chi connectivity index (χ2v) is 6.85. The van der Waals surface area contributed by atoms with Gasteiger partial charge in [0.25, 0.3) is 5.69 Å². The lowest BCUT2D eigenvalue weighted by atomic mass is 10.1. The van der Waals surface area contributed by atoms with Crippen molar-refractivity contribution in [3.05, 3.63) is 116 Å². The highest BCUT2D eigenvalue weighted by Gasteiger charge is 2.21. The Balaban J connectivity index is 1.53. The van der Waals surface area contributed by atoms with E-state index in [2.05, 4.69) is 0 Å². The average Bonchev–Trinajstić information content (AvgIpc) is 2.82. The summed E-state index contributed by atoms with van der Waals surface area (Å²) < 4.78 is 15.7. The minimum Gasteiger partial charge on any atom is -0.457 e. The molecule has 0 aliphatic heterocycles. The van der Waals surface area contributed by atoms with Crippen LogP contribution in [-0.2, 0) is 11.3 Å². The van der Waals surface area contributed by atoms with E-state index in [1.54, 1.807) is 30.3 Å². The molecule has 0 amide bonds. The molecular formula is C24H15NO8. The third-order valence-corrected chi connectivity index (χ3v) is 4.72. The van der Waals surface area contributed by atoms with E-state index >= 15 is 0 Å². The number of para-hydroxylation sites is 1. The number of hydrogen-bond donors (Lipinski definition) is 0. The average molecular weight is 445 g/mol. The van der Waals surface area contributed by atoms with Crippen LogP contribution in [0.4, 0.5) is 5.69 Å². The zero-order valence-electron chi connectivity index (χ0n) is 16.9. The number of benzene rings is 3. The number of rotatable bonds is 6. The molecule has 164 valence electrons. The minimum atomic E-state index is -0.842. The van der Waals surface area contributed by atoms with Gasteiger partial charge in [0, 0.05) is 23.6 Å². The second kappa shape index (κ2) is 9.15. The van der Waals surface area contributed by atoms with Gasteiger partial charge in [0.2, 0.25) is 0 Å². The van der Waals surface area contributed by atoms with Gasteiger partial charge in [-0.1, -0.05) is 24.3 Å². The van der Waals surface area contributed by atoms with Gasteiger partial charge >= 0.3 is 17.6 Å². The molecular weight excluding hydrogens is 430 g/mol. The van der Waals surface area contributed by atoms with E-state index in [9.17, 15) is 24.5 Å². The molecule has 0 fully saturated rings. The van der Waals surface area contributed by atoms with E-state index in [1.165, 1.54) is 48.5 Å². The van der Waals surface area contributed by atoms with Gasteiger partial charge in [-0.2, -0.15) is 0 Å². The van der Waals surface area contributed by atoms with Gasteiger partial charge in [0.05, 0.1) is 21.6 Å². The SMILES string of the molecule is O=C(OCc1ccccc1[N+](=O)[O-])c1ccccc1C(=O)Oc1ccc2ccc(=O)oc2c1. The monoisotopic (exact) mass is 445 g/mol. The molecule has 4 aromatic rings. The van der Waals surface area contributed by atoms with Crippen molar-refractivity contribution in [1.82, 2.24) is 0 Å². The van der Waals surface area contributed by atoms with Crippen LogP contribution in [0.1, 0.15) is 26.3 Å². The fourth-order valence-corrected chi connectivity index (χ4v) is 3.14. The van der Waals surface area contributed by atoms with E-state index in [0.29, 0.717) is 5.39 Å². The summed E-state index contributed by atoms with van der Waals surface area (Å²) in [6.45, 7) is -0.344. The number of nitro benzene ring substituents is 1. The predicted molar refractivity (Wildman–Crippen MR) is 116 cm³/mol.